The number of aliphatic carboxylic acids is 1. The number of esters is 1. The van der Waals surface area contributed by atoms with Gasteiger partial charge in [-0.15, -0.1) is 0 Å². The van der Waals surface area contributed by atoms with E-state index >= 15 is 0 Å². The number of carboxylic acid groups (broad SMARTS) is 1. The molecule has 0 atom stereocenters. The second-order valence-electron chi connectivity index (χ2n) is 3.14. The zero-order valence-electron chi connectivity index (χ0n) is 9.99. The first-order valence-corrected chi connectivity index (χ1v) is 5.14. The van der Waals surface area contributed by atoms with Gasteiger partial charge >= 0.3 is 11.9 Å². The SMILES string of the molecule is C=C(CCCCC)C(=O)O.C=COC(C)=O. The van der Waals surface area contributed by atoms with E-state index in [4.69, 9.17) is 5.11 Å². The molecule has 0 rings (SSSR count). The number of rotatable bonds is 6. The highest BCUT2D eigenvalue weighted by Crippen LogP contribution is 2.06. The number of hydrogen-bond acceptors (Lipinski definition) is 3. The van der Waals surface area contributed by atoms with E-state index in [1.54, 1.807) is 0 Å². The van der Waals surface area contributed by atoms with Crippen molar-refractivity contribution in [3.8, 4) is 0 Å². The molecule has 0 amide bonds. The third-order valence-electron chi connectivity index (χ3n) is 1.63. The van der Waals surface area contributed by atoms with Crippen molar-refractivity contribution in [2.45, 2.75) is 39.5 Å². The molecule has 0 radical (unpaired) electrons. The Morgan fingerprint density at radius 1 is 1.38 bits per heavy atom. The van der Waals surface area contributed by atoms with Crippen molar-refractivity contribution in [2.75, 3.05) is 0 Å². The molecule has 0 aromatic rings. The molecule has 0 fully saturated rings. The van der Waals surface area contributed by atoms with Gasteiger partial charge < -0.3 is 9.84 Å². The molecule has 0 aliphatic carbocycles. The predicted octanol–water partition coefficient (Wildman–Crippen LogP) is 2.90. The molecule has 0 aliphatic heterocycles. The summed E-state index contributed by atoms with van der Waals surface area (Å²) in [5.74, 6) is -1.19. The number of ether oxygens (including phenoxy) is 1. The van der Waals surface area contributed by atoms with Gasteiger partial charge in [0.15, 0.2) is 0 Å². The summed E-state index contributed by atoms with van der Waals surface area (Å²) in [7, 11) is 0. The molecule has 0 unspecified atom stereocenters. The summed E-state index contributed by atoms with van der Waals surface area (Å²) in [5.41, 5.74) is 0.327. The summed E-state index contributed by atoms with van der Waals surface area (Å²) >= 11 is 0. The monoisotopic (exact) mass is 228 g/mol. The van der Waals surface area contributed by atoms with Crippen LogP contribution < -0.4 is 0 Å². The Morgan fingerprint density at radius 3 is 2.19 bits per heavy atom. The van der Waals surface area contributed by atoms with Crippen molar-refractivity contribution >= 4 is 11.9 Å². The maximum Gasteiger partial charge on any atom is 0.330 e. The van der Waals surface area contributed by atoms with Crippen molar-refractivity contribution < 1.29 is 19.4 Å². The Balaban J connectivity index is 0. The molecule has 0 aliphatic rings. The zero-order valence-corrected chi connectivity index (χ0v) is 9.99. The molecule has 4 nitrogen and oxygen atoms in total. The Bertz CT molecular complexity index is 243. The van der Waals surface area contributed by atoms with Crippen molar-refractivity contribution in [3.05, 3.63) is 25.0 Å². The van der Waals surface area contributed by atoms with Crippen LogP contribution in [0.1, 0.15) is 39.5 Å². The van der Waals surface area contributed by atoms with Crippen LogP contribution in [0, 0.1) is 0 Å². The van der Waals surface area contributed by atoms with Crippen LogP contribution in [-0.2, 0) is 14.3 Å². The summed E-state index contributed by atoms with van der Waals surface area (Å²) in [5, 5.41) is 8.38. The minimum atomic E-state index is -0.865. The molecule has 0 aromatic carbocycles. The predicted molar refractivity (Wildman–Crippen MR) is 62.9 cm³/mol. The first-order chi connectivity index (χ1) is 7.45. The van der Waals surface area contributed by atoms with Gasteiger partial charge in [0.05, 0.1) is 6.26 Å². The van der Waals surface area contributed by atoms with E-state index in [1.165, 1.54) is 6.92 Å². The van der Waals surface area contributed by atoms with Crippen molar-refractivity contribution in [1.82, 2.24) is 0 Å². The van der Waals surface area contributed by atoms with Crippen molar-refractivity contribution in [2.24, 2.45) is 0 Å². The van der Waals surface area contributed by atoms with E-state index in [9.17, 15) is 9.59 Å². The van der Waals surface area contributed by atoms with Gasteiger partial charge in [-0.25, -0.2) is 4.79 Å². The maximum absolute atomic E-state index is 10.2. The van der Waals surface area contributed by atoms with Crippen LogP contribution in [0.4, 0.5) is 0 Å². The largest absolute Gasteiger partial charge is 0.478 e. The summed E-state index contributed by atoms with van der Waals surface area (Å²) in [4.78, 5) is 19.9. The molecule has 1 N–H and O–H groups in total. The van der Waals surface area contributed by atoms with Crippen molar-refractivity contribution in [1.29, 1.82) is 0 Å². The standard InChI is InChI=1S/C8H14O2.C4H6O2/c1-3-4-5-6-7(2)8(9)10;1-3-6-4(2)5/h2-6H2,1H3,(H,9,10);3H,1H2,2H3. The van der Waals surface area contributed by atoms with Crippen LogP contribution >= 0.6 is 0 Å². The van der Waals surface area contributed by atoms with E-state index in [-0.39, 0.29) is 5.97 Å². The quantitative estimate of drug-likeness (QED) is 0.328. The Morgan fingerprint density at radius 2 is 1.94 bits per heavy atom. The average molecular weight is 228 g/mol. The Kier molecular flexibility index (Phi) is 12.1. The first kappa shape index (κ1) is 16.8. The lowest BCUT2D eigenvalue weighted by molar-refractivity contribution is -0.135. The van der Waals surface area contributed by atoms with Crippen LogP contribution in [0.25, 0.3) is 0 Å². The summed E-state index contributed by atoms with van der Waals surface area (Å²) in [6.45, 7) is 9.99. The van der Waals surface area contributed by atoms with Gasteiger partial charge in [-0.2, -0.15) is 0 Å². The fourth-order valence-electron chi connectivity index (χ4n) is 0.813. The van der Waals surface area contributed by atoms with Crippen molar-refractivity contribution in [3.63, 3.8) is 0 Å². The fraction of sp³-hybridized carbons (Fsp3) is 0.500. The van der Waals surface area contributed by atoms with Gasteiger partial charge in [0.2, 0.25) is 0 Å². The highest BCUT2D eigenvalue weighted by atomic mass is 16.5. The second kappa shape index (κ2) is 11.5. The lowest BCUT2D eigenvalue weighted by Gasteiger charge is -1.97. The maximum atomic E-state index is 10.2. The van der Waals surface area contributed by atoms with Crippen LogP contribution in [0.3, 0.4) is 0 Å². The van der Waals surface area contributed by atoms with Crippen LogP contribution in [0.15, 0.2) is 25.0 Å². The van der Waals surface area contributed by atoms with Gasteiger partial charge in [0.1, 0.15) is 0 Å². The second-order valence-corrected chi connectivity index (χ2v) is 3.14. The number of carbonyl (C=O) groups excluding carboxylic acids is 1. The lowest BCUT2D eigenvalue weighted by Crippen LogP contribution is -1.98. The third kappa shape index (κ3) is 14.9. The molecule has 0 saturated heterocycles. The normalized spacial score (nSPS) is 8.38. The van der Waals surface area contributed by atoms with Gasteiger partial charge in [0, 0.05) is 12.5 Å². The minimum Gasteiger partial charge on any atom is -0.478 e. The third-order valence-corrected chi connectivity index (χ3v) is 1.63. The molecule has 92 valence electrons. The molecule has 0 aromatic heterocycles. The van der Waals surface area contributed by atoms with E-state index in [0.717, 1.165) is 25.5 Å². The number of hydrogen-bond donors (Lipinski definition) is 1. The zero-order chi connectivity index (χ0) is 13.0. The van der Waals surface area contributed by atoms with Crippen LogP contribution in [-0.4, -0.2) is 17.0 Å². The molecule has 0 heterocycles. The topological polar surface area (TPSA) is 63.6 Å². The average Bonchev–Trinajstić information content (AvgIpc) is 2.18. The molecular weight excluding hydrogens is 208 g/mol. The van der Waals surface area contributed by atoms with Gasteiger partial charge in [-0.3, -0.25) is 4.79 Å². The first-order valence-electron chi connectivity index (χ1n) is 5.14. The van der Waals surface area contributed by atoms with E-state index in [0.29, 0.717) is 12.0 Å². The number of carbonyl (C=O) groups is 2. The van der Waals surface area contributed by atoms with E-state index in [2.05, 4.69) is 24.8 Å². The summed E-state index contributed by atoms with van der Waals surface area (Å²) in [6.07, 6.45) is 4.88. The van der Waals surface area contributed by atoms with Gasteiger partial charge in [-0.05, 0) is 12.8 Å². The highest BCUT2D eigenvalue weighted by Gasteiger charge is 2.01. The molecule has 0 spiro atoms. The fourth-order valence-corrected chi connectivity index (χ4v) is 0.813. The molecule has 0 saturated carbocycles. The highest BCUT2D eigenvalue weighted by molar-refractivity contribution is 5.85. The molecule has 0 bridgehead atoms. The van der Waals surface area contributed by atoms with E-state index < -0.39 is 5.97 Å². The summed E-state index contributed by atoms with van der Waals surface area (Å²) in [6, 6.07) is 0. The van der Waals surface area contributed by atoms with Gasteiger partial charge in [0.25, 0.3) is 0 Å². The van der Waals surface area contributed by atoms with E-state index in [1.807, 2.05) is 0 Å². The Labute approximate surface area is 96.6 Å². The van der Waals surface area contributed by atoms with Crippen LogP contribution in [0.5, 0.6) is 0 Å². The van der Waals surface area contributed by atoms with Gasteiger partial charge in [-0.1, -0.05) is 32.9 Å². The number of unbranched alkanes of at least 4 members (excludes halogenated alkanes) is 2. The molecule has 4 heteroatoms. The molecular formula is C12H20O4. The molecule has 16 heavy (non-hydrogen) atoms. The summed E-state index contributed by atoms with van der Waals surface area (Å²) < 4.78 is 4.17. The van der Waals surface area contributed by atoms with Crippen LogP contribution in [0.2, 0.25) is 0 Å². The number of carboxylic acids is 1. The lowest BCUT2D eigenvalue weighted by atomic mass is 10.1. The minimum absolute atomic E-state index is 0.327. The Hall–Kier alpha value is -1.58. The smallest absolute Gasteiger partial charge is 0.330 e.